The molecule has 5 heteroatoms. The van der Waals surface area contributed by atoms with Gasteiger partial charge in [0.25, 0.3) is 5.78 Å². The van der Waals surface area contributed by atoms with Gasteiger partial charge in [-0.15, -0.1) is 0 Å². The Morgan fingerprint density at radius 1 is 1.11 bits per heavy atom. The topological polar surface area (TPSA) is 87.5 Å². The minimum atomic E-state index is -1.61. The quantitative estimate of drug-likeness (QED) is 0.487. The summed E-state index contributed by atoms with van der Waals surface area (Å²) in [6.07, 6.45) is 2.16. The molecular formula is C13H9NO4. The predicted molar refractivity (Wildman–Crippen MR) is 65.0 cm³/mol. The van der Waals surface area contributed by atoms with Crippen LogP contribution in [0.15, 0.2) is 42.6 Å². The lowest BCUT2D eigenvalue weighted by Crippen LogP contribution is -2.09. The average molecular weight is 243 g/mol. The number of carbonyl (C=O) groups is 2. The molecule has 0 unspecified atom stereocenters. The molecule has 0 saturated heterocycles. The van der Waals surface area contributed by atoms with Crippen LogP contribution in [0, 0.1) is 0 Å². The third-order valence-electron chi connectivity index (χ3n) is 2.40. The number of aliphatic hydroxyl groups excluding tert-OH is 1. The van der Waals surface area contributed by atoms with Gasteiger partial charge in [-0.25, -0.2) is 4.79 Å². The van der Waals surface area contributed by atoms with Gasteiger partial charge >= 0.3 is 5.97 Å². The maximum atomic E-state index is 11.0. The first-order chi connectivity index (χ1) is 8.59. The highest BCUT2D eigenvalue weighted by atomic mass is 16.4. The summed E-state index contributed by atoms with van der Waals surface area (Å²) in [6.45, 7) is 0. The Morgan fingerprint density at radius 3 is 2.56 bits per heavy atom. The van der Waals surface area contributed by atoms with E-state index in [1.54, 1.807) is 24.3 Å². The van der Waals surface area contributed by atoms with Crippen molar-refractivity contribution in [2.24, 2.45) is 0 Å². The summed E-state index contributed by atoms with van der Waals surface area (Å²) in [7, 11) is 0. The van der Waals surface area contributed by atoms with E-state index in [1.165, 1.54) is 12.3 Å². The Labute approximate surface area is 102 Å². The number of carbonyl (C=O) groups excluding carboxylic acids is 1. The first-order valence-corrected chi connectivity index (χ1v) is 5.11. The fourth-order valence-electron chi connectivity index (χ4n) is 1.58. The van der Waals surface area contributed by atoms with Crippen LogP contribution in [-0.2, 0) is 9.59 Å². The molecule has 1 aromatic carbocycles. The van der Waals surface area contributed by atoms with Crippen molar-refractivity contribution in [3.63, 3.8) is 0 Å². The van der Waals surface area contributed by atoms with Crippen molar-refractivity contribution in [1.82, 2.24) is 4.98 Å². The number of fused-ring (bicyclic) bond motifs is 1. The normalized spacial score (nSPS) is 11.4. The van der Waals surface area contributed by atoms with Crippen LogP contribution in [0.2, 0.25) is 0 Å². The molecule has 0 saturated carbocycles. The van der Waals surface area contributed by atoms with E-state index in [1.807, 2.05) is 0 Å². The second-order valence-electron chi connectivity index (χ2n) is 3.57. The number of para-hydroxylation sites is 1. The molecule has 1 heterocycles. The lowest BCUT2D eigenvalue weighted by molar-refractivity contribution is -0.146. The second-order valence-corrected chi connectivity index (χ2v) is 3.57. The van der Waals surface area contributed by atoms with E-state index in [4.69, 9.17) is 5.11 Å². The van der Waals surface area contributed by atoms with Crippen molar-refractivity contribution in [3.05, 3.63) is 48.2 Å². The zero-order valence-electron chi connectivity index (χ0n) is 9.20. The van der Waals surface area contributed by atoms with E-state index in [0.29, 0.717) is 22.5 Å². The van der Waals surface area contributed by atoms with Gasteiger partial charge in [-0.05, 0) is 12.1 Å². The summed E-state index contributed by atoms with van der Waals surface area (Å²) >= 11 is 0. The SMILES string of the molecule is O=C(O)C(=O)/C=C(\O)c1ccnc2ccccc12. The molecule has 2 N–H and O–H groups in total. The smallest absolute Gasteiger partial charge is 0.376 e. The number of pyridine rings is 1. The first-order valence-electron chi connectivity index (χ1n) is 5.11. The molecule has 1 aromatic heterocycles. The molecule has 18 heavy (non-hydrogen) atoms. The molecule has 90 valence electrons. The van der Waals surface area contributed by atoms with Crippen molar-refractivity contribution in [2.45, 2.75) is 0 Å². The van der Waals surface area contributed by atoms with Crippen LogP contribution in [0.5, 0.6) is 0 Å². The molecule has 0 amide bonds. The highest BCUT2D eigenvalue weighted by Gasteiger charge is 2.12. The average Bonchev–Trinajstić information content (AvgIpc) is 2.37. The maximum Gasteiger partial charge on any atom is 0.376 e. The summed E-state index contributed by atoms with van der Waals surface area (Å²) in [4.78, 5) is 25.5. The summed E-state index contributed by atoms with van der Waals surface area (Å²) < 4.78 is 0. The fourth-order valence-corrected chi connectivity index (χ4v) is 1.58. The number of nitrogens with zero attached hydrogens (tertiary/aromatic N) is 1. The van der Waals surface area contributed by atoms with Crippen LogP contribution in [0.3, 0.4) is 0 Å². The highest BCUT2D eigenvalue weighted by molar-refractivity contribution is 6.38. The van der Waals surface area contributed by atoms with Gasteiger partial charge in [0.15, 0.2) is 0 Å². The van der Waals surface area contributed by atoms with Crippen LogP contribution in [0.1, 0.15) is 5.56 Å². The molecule has 0 bridgehead atoms. The molecule has 0 radical (unpaired) electrons. The molecule has 2 aromatic rings. The zero-order valence-corrected chi connectivity index (χ0v) is 9.20. The van der Waals surface area contributed by atoms with Crippen LogP contribution in [0.4, 0.5) is 0 Å². The van der Waals surface area contributed by atoms with Gasteiger partial charge in [0, 0.05) is 23.2 Å². The van der Waals surface area contributed by atoms with Crippen LogP contribution in [-0.4, -0.2) is 26.9 Å². The molecule has 0 spiro atoms. The van der Waals surface area contributed by atoms with Gasteiger partial charge in [0.1, 0.15) is 5.76 Å². The number of carboxylic acids is 1. The van der Waals surface area contributed by atoms with Crippen molar-refractivity contribution < 1.29 is 19.8 Å². The molecule has 0 aliphatic heterocycles. The van der Waals surface area contributed by atoms with Crippen molar-refractivity contribution >= 4 is 28.4 Å². The van der Waals surface area contributed by atoms with E-state index >= 15 is 0 Å². The van der Waals surface area contributed by atoms with Gasteiger partial charge in [0.05, 0.1) is 5.52 Å². The number of hydrogen-bond acceptors (Lipinski definition) is 4. The van der Waals surface area contributed by atoms with Gasteiger partial charge in [-0.2, -0.15) is 0 Å². The molecule has 5 nitrogen and oxygen atoms in total. The summed E-state index contributed by atoms with van der Waals surface area (Å²) in [5, 5.41) is 18.9. The number of hydrogen-bond donors (Lipinski definition) is 2. The zero-order chi connectivity index (χ0) is 13.1. The minimum Gasteiger partial charge on any atom is -0.507 e. The Morgan fingerprint density at radius 2 is 1.83 bits per heavy atom. The van der Waals surface area contributed by atoms with Crippen LogP contribution >= 0.6 is 0 Å². The number of rotatable bonds is 3. The number of aromatic nitrogens is 1. The lowest BCUT2D eigenvalue weighted by Gasteiger charge is -2.04. The molecule has 0 fully saturated rings. The molecule has 2 rings (SSSR count). The van der Waals surface area contributed by atoms with Gasteiger partial charge in [0.2, 0.25) is 0 Å². The van der Waals surface area contributed by atoms with Gasteiger partial charge in [-0.1, -0.05) is 18.2 Å². The third-order valence-corrected chi connectivity index (χ3v) is 2.40. The van der Waals surface area contributed by atoms with Gasteiger partial charge in [-0.3, -0.25) is 9.78 Å². The summed E-state index contributed by atoms with van der Waals surface area (Å²) in [5.41, 5.74) is 1.02. The summed E-state index contributed by atoms with van der Waals surface area (Å²) in [5.74, 6) is -3.17. The number of aliphatic hydroxyl groups is 1. The Hall–Kier alpha value is -2.69. The molecule has 0 atom stereocenters. The molecular weight excluding hydrogens is 234 g/mol. The molecule has 0 aliphatic carbocycles. The predicted octanol–water partition coefficient (Wildman–Crippen LogP) is 1.79. The van der Waals surface area contributed by atoms with E-state index in [-0.39, 0.29) is 5.76 Å². The Kier molecular flexibility index (Phi) is 3.05. The van der Waals surface area contributed by atoms with Gasteiger partial charge < -0.3 is 10.2 Å². The van der Waals surface area contributed by atoms with E-state index in [9.17, 15) is 14.7 Å². The maximum absolute atomic E-state index is 11.0. The van der Waals surface area contributed by atoms with E-state index < -0.39 is 11.8 Å². The van der Waals surface area contributed by atoms with E-state index in [0.717, 1.165) is 0 Å². The number of aliphatic carboxylic acids is 1. The Balaban J connectivity index is 2.55. The Bertz CT molecular complexity index is 656. The first kappa shape index (κ1) is 11.8. The number of ketones is 1. The van der Waals surface area contributed by atoms with Crippen LogP contribution < -0.4 is 0 Å². The molecule has 0 aliphatic rings. The van der Waals surface area contributed by atoms with Crippen LogP contribution in [0.25, 0.3) is 16.7 Å². The lowest BCUT2D eigenvalue weighted by atomic mass is 10.1. The number of benzene rings is 1. The monoisotopic (exact) mass is 243 g/mol. The number of carboxylic acid groups (broad SMARTS) is 1. The minimum absolute atomic E-state index is 0.371. The van der Waals surface area contributed by atoms with Crippen molar-refractivity contribution in [2.75, 3.05) is 0 Å². The largest absolute Gasteiger partial charge is 0.507 e. The third kappa shape index (κ3) is 2.20. The van der Waals surface area contributed by atoms with Crippen molar-refractivity contribution in [1.29, 1.82) is 0 Å². The highest BCUT2D eigenvalue weighted by Crippen LogP contribution is 2.21. The van der Waals surface area contributed by atoms with E-state index in [2.05, 4.69) is 4.98 Å². The summed E-state index contributed by atoms with van der Waals surface area (Å²) in [6, 6.07) is 8.56. The fraction of sp³-hybridized carbons (Fsp3) is 0. The standard InChI is InChI=1S/C13H9NO4/c15-11(7-12(16)13(17)18)9-5-6-14-10-4-2-1-3-8(9)10/h1-7,15H,(H,17,18)/b11-7-. The van der Waals surface area contributed by atoms with Crippen molar-refractivity contribution in [3.8, 4) is 0 Å². The second kappa shape index (κ2) is 4.67.